The van der Waals surface area contributed by atoms with Crippen molar-refractivity contribution >= 4 is 28.8 Å². The van der Waals surface area contributed by atoms with Crippen LogP contribution < -0.4 is 10.6 Å². The van der Waals surface area contributed by atoms with E-state index in [0.29, 0.717) is 23.7 Å². The molecule has 6 nitrogen and oxygen atoms in total. The molecule has 0 saturated carbocycles. The van der Waals surface area contributed by atoms with Crippen molar-refractivity contribution in [3.63, 3.8) is 0 Å². The van der Waals surface area contributed by atoms with E-state index >= 15 is 0 Å². The van der Waals surface area contributed by atoms with Gasteiger partial charge >= 0.3 is 0 Å². The molecule has 1 aromatic carbocycles. The summed E-state index contributed by atoms with van der Waals surface area (Å²) in [7, 11) is 0. The smallest absolute Gasteiger partial charge is 0.226 e. The number of rotatable bonds is 6. The van der Waals surface area contributed by atoms with Gasteiger partial charge in [0.1, 0.15) is 0 Å². The normalized spacial score (nSPS) is 10.4. The van der Waals surface area contributed by atoms with Crippen LogP contribution >= 0.6 is 11.3 Å². The Labute approximate surface area is 148 Å². The van der Waals surface area contributed by atoms with Gasteiger partial charge in [0.15, 0.2) is 10.8 Å². The molecule has 7 heteroatoms. The minimum atomic E-state index is -0.128. The number of carbonyl (C=O) groups is 2. The average Bonchev–Trinajstić information content (AvgIpc) is 3.24. The topological polar surface area (TPSA) is 84.2 Å². The zero-order valence-corrected chi connectivity index (χ0v) is 14.4. The molecule has 0 unspecified atom stereocenters. The van der Waals surface area contributed by atoms with Crippen LogP contribution in [0, 0.1) is 0 Å². The van der Waals surface area contributed by atoms with Crippen LogP contribution in [0.3, 0.4) is 0 Å². The Morgan fingerprint density at radius 1 is 1.24 bits per heavy atom. The number of nitrogens with one attached hydrogen (secondary N) is 2. The number of hydrogen-bond donors (Lipinski definition) is 2. The predicted molar refractivity (Wildman–Crippen MR) is 96.1 cm³/mol. The molecule has 0 radical (unpaired) electrons. The molecule has 3 aromatic rings. The third-order valence-electron chi connectivity index (χ3n) is 3.36. The number of furan rings is 1. The van der Waals surface area contributed by atoms with Crippen LogP contribution in [0.1, 0.15) is 18.2 Å². The van der Waals surface area contributed by atoms with Crippen molar-refractivity contribution in [1.29, 1.82) is 0 Å². The van der Waals surface area contributed by atoms with E-state index in [2.05, 4.69) is 15.6 Å². The molecule has 0 aliphatic rings. The van der Waals surface area contributed by atoms with Gasteiger partial charge in [-0.1, -0.05) is 12.1 Å². The molecule has 0 saturated heterocycles. The first-order chi connectivity index (χ1) is 12.1. The molecule has 2 heterocycles. The van der Waals surface area contributed by atoms with Gasteiger partial charge in [0.05, 0.1) is 18.4 Å². The first-order valence-electron chi connectivity index (χ1n) is 7.71. The number of hydrogen-bond acceptors (Lipinski definition) is 5. The summed E-state index contributed by atoms with van der Waals surface area (Å²) in [6.07, 6.45) is 1.81. The predicted octanol–water partition coefficient (Wildman–Crippen LogP) is 3.22. The van der Waals surface area contributed by atoms with E-state index in [1.54, 1.807) is 18.4 Å². The maximum Gasteiger partial charge on any atom is 0.226 e. The van der Waals surface area contributed by atoms with Gasteiger partial charge in [-0.15, -0.1) is 11.3 Å². The summed E-state index contributed by atoms with van der Waals surface area (Å²) < 4.78 is 5.30. The molecule has 0 aliphatic carbocycles. The fourth-order valence-corrected chi connectivity index (χ4v) is 3.08. The minimum Gasteiger partial charge on any atom is -0.462 e. The average molecular weight is 355 g/mol. The summed E-state index contributed by atoms with van der Waals surface area (Å²) in [5.74, 6) is 0.463. The Kier molecular flexibility index (Phi) is 5.25. The van der Waals surface area contributed by atoms with E-state index < -0.39 is 0 Å². The third kappa shape index (κ3) is 4.77. The lowest BCUT2D eigenvalue weighted by Crippen LogP contribution is -2.24. The second kappa shape index (κ2) is 7.76. The molecule has 128 valence electrons. The lowest BCUT2D eigenvalue weighted by atomic mass is 10.2. The molecular weight excluding hydrogens is 338 g/mol. The maximum atomic E-state index is 12.1. The van der Waals surface area contributed by atoms with Crippen LogP contribution in [0.4, 0.5) is 5.69 Å². The van der Waals surface area contributed by atoms with Gasteiger partial charge in [-0.05, 0) is 29.8 Å². The number of amides is 2. The Morgan fingerprint density at radius 2 is 2.12 bits per heavy atom. The summed E-state index contributed by atoms with van der Waals surface area (Å²) in [6.45, 7) is 1.85. The van der Waals surface area contributed by atoms with Gasteiger partial charge in [-0.3, -0.25) is 9.59 Å². The summed E-state index contributed by atoms with van der Waals surface area (Å²) in [6, 6.07) is 11.0. The van der Waals surface area contributed by atoms with Crippen molar-refractivity contribution in [3.8, 4) is 10.8 Å². The zero-order chi connectivity index (χ0) is 17.6. The molecule has 0 aliphatic heterocycles. The molecule has 0 fully saturated rings. The molecule has 0 spiro atoms. The number of carbonyl (C=O) groups excluding carboxylic acids is 2. The Balaban J connectivity index is 1.54. The molecule has 0 bridgehead atoms. The van der Waals surface area contributed by atoms with Crippen molar-refractivity contribution in [1.82, 2.24) is 10.3 Å². The van der Waals surface area contributed by atoms with Gasteiger partial charge < -0.3 is 15.1 Å². The summed E-state index contributed by atoms with van der Waals surface area (Å²) >= 11 is 1.45. The second-order valence-corrected chi connectivity index (χ2v) is 6.31. The number of anilines is 1. The Bertz CT molecular complexity index is 871. The summed E-state index contributed by atoms with van der Waals surface area (Å²) in [4.78, 5) is 27.6. The largest absolute Gasteiger partial charge is 0.462 e. The van der Waals surface area contributed by atoms with Crippen molar-refractivity contribution in [2.24, 2.45) is 0 Å². The second-order valence-electron chi connectivity index (χ2n) is 5.46. The highest BCUT2D eigenvalue weighted by atomic mass is 32.1. The van der Waals surface area contributed by atoms with Crippen LogP contribution in [0.15, 0.2) is 52.5 Å². The number of nitrogens with zero attached hydrogens (tertiary/aromatic N) is 1. The highest BCUT2D eigenvalue weighted by molar-refractivity contribution is 7.13. The minimum absolute atomic E-state index is 0.110. The first-order valence-corrected chi connectivity index (χ1v) is 8.59. The number of benzene rings is 1. The standard InChI is InChI=1S/C18H17N3O3S/c1-12(22)20-14-5-2-4-13(8-14)10-19-17(23)9-15-11-25-18(21-15)16-6-3-7-24-16/h2-8,11H,9-10H2,1H3,(H,19,23)(H,20,22). The van der Waals surface area contributed by atoms with Crippen LogP contribution in [0.2, 0.25) is 0 Å². The molecule has 25 heavy (non-hydrogen) atoms. The number of aromatic nitrogens is 1. The fraction of sp³-hybridized carbons (Fsp3) is 0.167. The molecule has 2 aromatic heterocycles. The van der Waals surface area contributed by atoms with Gasteiger partial charge in [0.2, 0.25) is 11.8 Å². The van der Waals surface area contributed by atoms with Crippen LogP contribution in [-0.4, -0.2) is 16.8 Å². The van der Waals surface area contributed by atoms with Crippen molar-refractivity contribution in [3.05, 3.63) is 59.3 Å². The molecule has 2 N–H and O–H groups in total. The van der Waals surface area contributed by atoms with Crippen LogP contribution in [0.5, 0.6) is 0 Å². The molecule has 3 rings (SSSR count). The van der Waals surface area contributed by atoms with E-state index in [4.69, 9.17) is 4.42 Å². The quantitative estimate of drug-likeness (QED) is 0.711. The van der Waals surface area contributed by atoms with Gasteiger partial charge in [0.25, 0.3) is 0 Å². The van der Waals surface area contributed by atoms with Crippen LogP contribution in [-0.2, 0) is 22.6 Å². The highest BCUT2D eigenvalue weighted by Gasteiger charge is 2.10. The zero-order valence-electron chi connectivity index (χ0n) is 13.6. The van der Waals surface area contributed by atoms with E-state index in [0.717, 1.165) is 10.6 Å². The lowest BCUT2D eigenvalue weighted by molar-refractivity contribution is -0.120. The monoisotopic (exact) mass is 355 g/mol. The van der Waals surface area contributed by atoms with Crippen molar-refractivity contribution in [2.45, 2.75) is 19.9 Å². The highest BCUT2D eigenvalue weighted by Crippen LogP contribution is 2.24. The van der Waals surface area contributed by atoms with Crippen LogP contribution in [0.25, 0.3) is 10.8 Å². The fourth-order valence-electron chi connectivity index (χ4n) is 2.29. The van der Waals surface area contributed by atoms with E-state index in [1.807, 2.05) is 29.6 Å². The lowest BCUT2D eigenvalue weighted by Gasteiger charge is -2.07. The molecule has 2 amide bonds. The summed E-state index contributed by atoms with van der Waals surface area (Å²) in [5.41, 5.74) is 2.33. The van der Waals surface area contributed by atoms with E-state index in [1.165, 1.54) is 18.3 Å². The maximum absolute atomic E-state index is 12.1. The first kappa shape index (κ1) is 16.9. The molecular formula is C18H17N3O3S. The third-order valence-corrected chi connectivity index (χ3v) is 4.27. The Hall–Kier alpha value is -2.93. The van der Waals surface area contributed by atoms with E-state index in [9.17, 15) is 9.59 Å². The number of thiazole rings is 1. The SMILES string of the molecule is CC(=O)Nc1cccc(CNC(=O)Cc2csc(-c3ccco3)n2)c1. The van der Waals surface area contributed by atoms with E-state index in [-0.39, 0.29) is 18.2 Å². The van der Waals surface area contributed by atoms with Crippen molar-refractivity contribution in [2.75, 3.05) is 5.32 Å². The summed E-state index contributed by atoms with van der Waals surface area (Å²) in [5, 5.41) is 8.20. The van der Waals surface area contributed by atoms with Gasteiger partial charge in [-0.2, -0.15) is 0 Å². The van der Waals surface area contributed by atoms with Gasteiger partial charge in [-0.25, -0.2) is 4.98 Å². The van der Waals surface area contributed by atoms with Crippen molar-refractivity contribution < 1.29 is 14.0 Å². The molecule has 0 atom stereocenters. The Morgan fingerprint density at radius 3 is 2.88 bits per heavy atom. The van der Waals surface area contributed by atoms with Gasteiger partial charge in [0, 0.05) is 24.5 Å².